The largest absolute Gasteiger partial charge is 0.456 e. The molecule has 2 amide bonds. The number of benzene rings is 4. The predicted molar refractivity (Wildman–Crippen MR) is 188 cm³/mol. The van der Waals surface area contributed by atoms with Gasteiger partial charge in [-0.3, -0.25) is 19.3 Å². The number of hydrogen-bond acceptors (Lipinski definition) is 7. The van der Waals surface area contributed by atoms with Gasteiger partial charge in [-0.15, -0.1) is 0 Å². The first-order chi connectivity index (χ1) is 23.4. The Hall–Kier alpha value is -4.41. The van der Waals surface area contributed by atoms with Crippen molar-refractivity contribution in [3.63, 3.8) is 0 Å². The van der Waals surface area contributed by atoms with Crippen LogP contribution in [0.3, 0.4) is 0 Å². The number of carbonyl (C=O) groups excluding carboxylic acids is 5. The molecule has 2 bridgehead atoms. The van der Waals surface area contributed by atoms with Crippen molar-refractivity contribution in [3.05, 3.63) is 136 Å². The van der Waals surface area contributed by atoms with Crippen LogP contribution in [0.15, 0.2) is 97.1 Å². The van der Waals surface area contributed by atoms with E-state index in [9.17, 15) is 24.0 Å². The van der Waals surface area contributed by atoms with Crippen LogP contribution in [0.1, 0.15) is 62.4 Å². The predicted octanol–water partition coefficient (Wildman–Crippen LogP) is 6.87. The average Bonchev–Trinajstić information content (AvgIpc) is 3.37. The summed E-state index contributed by atoms with van der Waals surface area (Å²) in [6, 6.07) is 27.1. The molecule has 8 rings (SSSR count). The number of likely N-dealkylation sites (tertiary alicyclic amines) is 1. The Morgan fingerprint density at radius 1 is 0.714 bits per heavy atom. The summed E-state index contributed by atoms with van der Waals surface area (Å²) in [5.41, 5.74) is 5.20. The van der Waals surface area contributed by atoms with Gasteiger partial charge in [-0.05, 0) is 71.5 Å². The third kappa shape index (κ3) is 5.02. The molecule has 3 aliphatic carbocycles. The highest BCUT2D eigenvalue weighted by Gasteiger charge is 2.73. The van der Waals surface area contributed by atoms with Crippen LogP contribution in [-0.4, -0.2) is 47.1 Å². The van der Waals surface area contributed by atoms with E-state index in [1.54, 1.807) is 26.0 Å². The van der Waals surface area contributed by atoms with Crippen LogP contribution in [0.25, 0.3) is 0 Å². The number of carbonyl (C=O) groups is 5. The number of hydrogen-bond donors (Lipinski definition) is 0. The number of esters is 2. The van der Waals surface area contributed by atoms with E-state index in [0.29, 0.717) is 5.56 Å². The summed E-state index contributed by atoms with van der Waals surface area (Å²) in [4.78, 5) is 69.3. The summed E-state index contributed by atoms with van der Waals surface area (Å²) in [7, 11) is 0. The van der Waals surface area contributed by atoms with Gasteiger partial charge >= 0.3 is 11.9 Å². The van der Waals surface area contributed by atoms with Gasteiger partial charge < -0.3 is 9.47 Å². The molecule has 49 heavy (non-hydrogen) atoms. The van der Waals surface area contributed by atoms with Crippen LogP contribution >= 0.6 is 31.9 Å². The lowest BCUT2D eigenvalue weighted by Crippen LogP contribution is -2.56. The number of Topliss-reactive ketones (excluding diaryl/α,β-unsaturated/α-hetero) is 1. The van der Waals surface area contributed by atoms with E-state index in [4.69, 9.17) is 9.47 Å². The second kappa shape index (κ2) is 12.2. The number of rotatable bonds is 8. The second-order valence-corrected chi connectivity index (χ2v) is 15.5. The zero-order valence-corrected chi connectivity index (χ0v) is 30.0. The average molecular weight is 785 g/mol. The Labute approximate surface area is 300 Å². The van der Waals surface area contributed by atoms with Gasteiger partial charge in [-0.1, -0.05) is 112 Å². The van der Waals surface area contributed by atoms with Crippen molar-refractivity contribution in [1.29, 1.82) is 0 Å². The van der Waals surface area contributed by atoms with E-state index in [1.807, 2.05) is 67.6 Å². The SMILES string of the molecule is Cc1ccc(C(=O)Oc2ccc(C(=O)COC(=O)[C@H](C(C)C)N3C(=O)C4C(C3=O)C3(Br)c5ccccc5C4(Br)c4ccccc43)cc2)cc1. The fraction of sp³-hybridized carbons (Fsp3) is 0.256. The van der Waals surface area contributed by atoms with Crippen molar-refractivity contribution >= 4 is 61.4 Å². The normalized spacial score (nSPS) is 23.8. The standard InChI is InChI=1S/C39H31Br2NO7/c1-21(2)33(37(47)48-20-30(43)23-16-18-25(19-17-23)49-36(46)24-14-12-22(3)13-15-24)42-34(44)31-32(35(42)45)39(41)27-9-5-4-8-26(27)38(31,40)28-10-6-7-11-29(28)39/h4-19,21,31-33H,20H2,1-3H3/t31?,32?,33-,38?,39?/m0/s1. The molecule has 3 atom stereocenters. The van der Waals surface area contributed by atoms with Crippen LogP contribution in [0.5, 0.6) is 5.75 Å². The number of imide groups is 1. The molecule has 2 unspecified atom stereocenters. The Bertz CT molecular complexity index is 1920. The zero-order chi connectivity index (χ0) is 34.8. The highest BCUT2D eigenvalue weighted by Crippen LogP contribution is 2.70. The van der Waals surface area contributed by atoms with Crippen LogP contribution in [0.2, 0.25) is 0 Å². The molecule has 0 saturated carbocycles. The molecule has 4 aromatic rings. The first-order valence-electron chi connectivity index (χ1n) is 15.9. The quantitative estimate of drug-likeness (QED) is 0.0632. The van der Waals surface area contributed by atoms with Gasteiger partial charge in [-0.2, -0.15) is 0 Å². The summed E-state index contributed by atoms with van der Waals surface area (Å²) in [5.74, 6) is -4.75. The van der Waals surface area contributed by atoms with Gasteiger partial charge in [0.2, 0.25) is 11.8 Å². The molecule has 248 valence electrons. The fourth-order valence-corrected chi connectivity index (χ4v) is 9.81. The number of amides is 2. The van der Waals surface area contributed by atoms with Crippen LogP contribution in [-0.2, 0) is 27.8 Å². The van der Waals surface area contributed by atoms with E-state index >= 15 is 0 Å². The second-order valence-electron chi connectivity index (χ2n) is 13.0. The molecule has 0 spiro atoms. The van der Waals surface area contributed by atoms with E-state index < -0.39 is 68.6 Å². The van der Waals surface area contributed by atoms with Crippen molar-refractivity contribution in [2.75, 3.05) is 6.61 Å². The van der Waals surface area contributed by atoms with Gasteiger partial charge in [0, 0.05) is 5.56 Å². The molecular formula is C39H31Br2NO7. The third-order valence-corrected chi connectivity index (χ3v) is 12.5. The Kier molecular flexibility index (Phi) is 8.22. The van der Waals surface area contributed by atoms with Gasteiger partial charge in [0.05, 0.1) is 26.0 Å². The fourth-order valence-electron chi connectivity index (χ4n) is 7.51. The van der Waals surface area contributed by atoms with Crippen molar-refractivity contribution in [3.8, 4) is 5.75 Å². The molecule has 1 fully saturated rings. The topological polar surface area (TPSA) is 107 Å². The minimum atomic E-state index is -1.25. The molecule has 1 heterocycles. The number of nitrogens with zero attached hydrogens (tertiary/aromatic N) is 1. The first-order valence-corrected chi connectivity index (χ1v) is 17.5. The van der Waals surface area contributed by atoms with Crippen LogP contribution < -0.4 is 4.74 Å². The van der Waals surface area contributed by atoms with Crippen molar-refractivity contribution in [2.45, 2.75) is 35.5 Å². The summed E-state index contributed by atoms with van der Waals surface area (Å²) in [5, 5.41) is 0. The molecule has 4 aromatic carbocycles. The molecule has 0 N–H and O–H groups in total. The van der Waals surface area contributed by atoms with Crippen molar-refractivity contribution in [2.24, 2.45) is 17.8 Å². The Balaban J connectivity index is 1.10. The van der Waals surface area contributed by atoms with E-state index in [1.165, 1.54) is 24.3 Å². The zero-order valence-electron chi connectivity index (χ0n) is 26.8. The molecule has 0 aromatic heterocycles. The maximum Gasteiger partial charge on any atom is 0.343 e. The molecule has 4 aliphatic rings. The van der Waals surface area contributed by atoms with Crippen molar-refractivity contribution in [1.82, 2.24) is 4.90 Å². The van der Waals surface area contributed by atoms with E-state index in [-0.39, 0.29) is 11.3 Å². The number of ether oxygens (including phenoxy) is 2. The first kappa shape index (κ1) is 33.1. The minimum Gasteiger partial charge on any atom is -0.456 e. The maximum atomic E-state index is 14.5. The lowest BCUT2D eigenvalue weighted by atomic mass is 9.54. The van der Waals surface area contributed by atoms with Gasteiger partial charge in [0.15, 0.2) is 12.4 Å². The molecule has 1 aliphatic heterocycles. The molecular weight excluding hydrogens is 754 g/mol. The summed E-state index contributed by atoms with van der Waals surface area (Å²) >= 11 is 7.96. The van der Waals surface area contributed by atoms with Crippen molar-refractivity contribution < 1.29 is 33.4 Å². The number of aryl methyl sites for hydroxylation is 1. The number of alkyl halides is 2. The highest BCUT2D eigenvalue weighted by atomic mass is 79.9. The van der Waals surface area contributed by atoms with Gasteiger partial charge in [-0.25, -0.2) is 9.59 Å². The molecule has 10 heteroatoms. The third-order valence-electron chi connectivity index (χ3n) is 9.79. The monoisotopic (exact) mass is 783 g/mol. The highest BCUT2D eigenvalue weighted by molar-refractivity contribution is 9.10. The number of ketones is 1. The summed E-state index contributed by atoms with van der Waals surface area (Å²) < 4.78 is 8.93. The Morgan fingerprint density at radius 3 is 1.61 bits per heavy atom. The maximum absolute atomic E-state index is 14.5. The lowest BCUT2D eigenvalue weighted by molar-refractivity contribution is -0.160. The summed E-state index contributed by atoms with van der Waals surface area (Å²) in [6.07, 6.45) is 0. The molecule has 8 nitrogen and oxygen atoms in total. The summed E-state index contributed by atoms with van der Waals surface area (Å²) in [6.45, 7) is 4.79. The van der Waals surface area contributed by atoms with Gasteiger partial charge in [0.1, 0.15) is 11.8 Å². The van der Waals surface area contributed by atoms with Gasteiger partial charge in [0.25, 0.3) is 0 Å². The van der Waals surface area contributed by atoms with E-state index in [2.05, 4.69) is 31.9 Å². The van der Waals surface area contributed by atoms with Crippen LogP contribution in [0.4, 0.5) is 0 Å². The van der Waals surface area contributed by atoms with Crippen LogP contribution in [0, 0.1) is 24.7 Å². The molecule has 1 saturated heterocycles. The van der Waals surface area contributed by atoms with E-state index in [0.717, 1.165) is 32.7 Å². The molecule has 0 radical (unpaired) electrons. The Morgan fingerprint density at radius 2 is 1.16 bits per heavy atom. The number of halogens is 2. The lowest BCUT2D eigenvalue weighted by Gasteiger charge is -2.55. The minimum absolute atomic E-state index is 0.234. The smallest absolute Gasteiger partial charge is 0.343 e.